The molecule has 0 amide bonds. The van der Waals surface area contributed by atoms with E-state index in [1.807, 2.05) is 0 Å². The molecule has 0 saturated heterocycles. The Kier molecular flexibility index (Phi) is 2.00. The first-order chi connectivity index (χ1) is 5.13. The van der Waals surface area contributed by atoms with Crippen molar-refractivity contribution in [1.29, 1.82) is 0 Å². The third-order valence-corrected chi connectivity index (χ3v) is 1.43. The molecule has 1 rings (SSSR count). The van der Waals surface area contributed by atoms with Crippen molar-refractivity contribution in [2.24, 2.45) is 4.99 Å². The fourth-order valence-electron chi connectivity index (χ4n) is 0.613. The van der Waals surface area contributed by atoms with Crippen LogP contribution in [0.2, 0.25) is 0 Å². The maximum absolute atomic E-state index is 10.8. The van der Waals surface area contributed by atoms with Gasteiger partial charge >= 0.3 is 6.04 Å². The van der Waals surface area contributed by atoms with E-state index < -0.39 is 16.7 Å². The van der Waals surface area contributed by atoms with Gasteiger partial charge in [-0.1, -0.05) is 11.6 Å². The highest BCUT2D eigenvalue weighted by atomic mass is 35.5. The first-order valence-corrected chi connectivity index (χ1v) is 3.07. The molecule has 0 spiro atoms. The van der Waals surface area contributed by atoms with Crippen molar-refractivity contribution in [2.75, 3.05) is 0 Å². The Morgan fingerprint density at radius 1 is 1.73 bits per heavy atom. The van der Waals surface area contributed by atoms with Gasteiger partial charge in [0.2, 0.25) is 0 Å². The summed E-state index contributed by atoms with van der Waals surface area (Å²) in [6, 6.07) is -1.41. The van der Waals surface area contributed by atoms with E-state index in [0.29, 0.717) is 0 Å². The number of hydrogen-bond donors (Lipinski definition) is 0. The summed E-state index contributed by atoms with van der Waals surface area (Å²) < 4.78 is 0. The average molecular weight is 175 g/mol. The van der Waals surface area contributed by atoms with Crippen molar-refractivity contribution in [3.8, 4) is 0 Å². The van der Waals surface area contributed by atoms with Crippen LogP contribution >= 0.6 is 11.6 Å². The monoisotopic (exact) mass is 174 g/mol. The predicted molar refractivity (Wildman–Crippen MR) is 38.2 cm³/mol. The van der Waals surface area contributed by atoms with Gasteiger partial charge in [-0.2, -0.15) is 0 Å². The second kappa shape index (κ2) is 2.79. The maximum atomic E-state index is 10.8. The summed E-state index contributed by atoms with van der Waals surface area (Å²) in [6.07, 6.45) is 2.04. The lowest BCUT2D eigenvalue weighted by Gasteiger charge is -2.04. The van der Waals surface area contributed by atoms with Crippen LogP contribution in [0.15, 0.2) is 16.2 Å². The van der Waals surface area contributed by atoms with Crippen LogP contribution in [0.25, 0.3) is 0 Å². The zero-order valence-electron chi connectivity index (χ0n) is 5.23. The largest absolute Gasteiger partial charge is 0.310 e. The maximum Gasteiger partial charge on any atom is 0.310 e. The molecule has 1 aliphatic rings. The van der Waals surface area contributed by atoms with Gasteiger partial charge < -0.3 is 0 Å². The molecule has 5 nitrogen and oxygen atoms in total. The van der Waals surface area contributed by atoms with Gasteiger partial charge in [0.25, 0.3) is 5.78 Å². The molecule has 0 radical (unpaired) electrons. The first-order valence-electron chi connectivity index (χ1n) is 2.69. The number of halogens is 1. The second-order valence-electron chi connectivity index (χ2n) is 1.87. The van der Waals surface area contributed by atoms with Crippen molar-refractivity contribution in [3.05, 3.63) is 21.3 Å². The van der Waals surface area contributed by atoms with E-state index in [-0.39, 0.29) is 5.03 Å². The van der Waals surface area contributed by atoms with Crippen LogP contribution in [0, 0.1) is 10.1 Å². The summed E-state index contributed by atoms with van der Waals surface area (Å²) in [4.78, 5) is 23.6. The number of carbonyl (C=O) groups is 1. The van der Waals surface area contributed by atoms with Gasteiger partial charge in [0.1, 0.15) is 5.03 Å². The van der Waals surface area contributed by atoms with E-state index in [9.17, 15) is 14.9 Å². The van der Waals surface area contributed by atoms with E-state index >= 15 is 0 Å². The van der Waals surface area contributed by atoms with E-state index in [1.54, 1.807) is 0 Å². The SMILES string of the molecule is O=C1C(Cl)=CN=CC1[N+](=O)[O-]. The molecule has 0 fully saturated rings. The summed E-state index contributed by atoms with van der Waals surface area (Å²) >= 11 is 5.30. The van der Waals surface area contributed by atoms with E-state index in [1.165, 1.54) is 0 Å². The number of ketones is 1. The third kappa shape index (κ3) is 1.43. The Balaban J connectivity index is 2.90. The van der Waals surface area contributed by atoms with Crippen LogP contribution in [0.5, 0.6) is 0 Å². The topological polar surface area (TPSA) is 72.6 Å². The zero-order chi connectivity index (χ0) is 8.43. The minimum atomic E-state index is -1.41. The summed E-state index contributed by atoms with van der Waals surface area (Å²) in [6.45, 7) is 0. The molecule has 6 heteroatoms. The Morgan fingerprint density at radius 2 is 2.36 bits per heavy atom. The quantitative estimate of drug-likeness (QED) is 0.426. The van der Waals surface area contributed by atoms with Crippen molar-refractivity contribution < 1.29 is 9.72 Å². The molecule has 0 aromatic rings. The molecule has 0 bridgehead atoms. The highest BCUT2D eigenvalue weighted by Gasteiger charge is 2.31. The predicted octanol–water partition coefficient (Wildman–Crippen LogP) is 0.365. The zero-order valence-corrected chi connectivity index (χ0v) is 5.99. The van der Waals surface area contributed by atoms with Crippen LogP contribution in [0.1, 0.15) is 0 Å². The van der Waals surface area contributed by atoms with Gasteiger partial charge in [-0.05, 0) is 0 Å². The minimum Gasteiger partial charge on any atom is -0.285 e. The van der Waals surface area contributed by atoms with Crippen molar-refractivity contribution in [1.82, 2.24) is 0 Å². The number of aliphatic imine (C=N–C) groups is 1. The van der Waals surface area contributed by atoms with E-state index in [2.05, 4.69) is 4.99 Å². The van der Waals surface area contributed by atoms with Crippen LogP contribution in [0.3, 0.4) is 0 Å². The molecule has 58 valence electrons. The molecular formula is C5H3ClN2O3. The minimum absolute atomic E-state index is 0.200. The third-order valence-electron chi connectivity index (χ3n) is 1.15. The summed E-state index contributed by atoms with van der Waals surface area (Å²) in [5, 5.41) is 9.92. The fraction of sp³-hybridized carbons (Fsp3) is 0.200. The number of rotatable bonds is 1. The molecule has 0 N–H and O–H groups in total. The molecule has 0 aliphatic carbocycles. The number of hydrogen-bond acceptors (Lipinski definition) is 4. The Morgan fingerprint density at radius 3 is 2.82 bits per heavy atom. The average Bonchev–Trinajstić information content (AvgIpc) is 1.94. The molecule has 0 aromatic heterocycles. The summed E-state index contributed by atoms with van der Waals surface area (Å²) in [7, 11) is 0. The lowest BCUT2D eigenvalue weighted by Crippen LogP contribution is -2.32. The Hall–Kier alpha value is -1.23. The first kappa shape index (κ1) is 7.87. The van der Waals surface area contributed by atoms with Gasteiger partial charge in [0, 0.05) is 11.1 Å². The summed E-state index contributed by atoms with van der Waals surface area (Å²) in [5.41, 5.74) is 0. The number of nitro groups is 1. The lowest BCUT2D eigenvalue weighted by molar-refractivity contribution is -0.487. The molecule has 0 saturated carbocycles. The number of Topliss-reactive ketones (excluding diaryl/α,β-unsaturated/α-hetero) is 1. The van der Waals surface area contributed by atoms with Crippen molar-refractivity contribution in [3.63, 3.8) is 0 Å². The van der Waals surface area contributed by atoms with Gasteiger partial charge in [-0.25, -0.2) is 0 Å². The van der Waals surface area contributed by atoms with E-state index in [0.717, 1.165) is 12.4 Å². The molecule has 1 unspecified atom stereocenters. The van der Waals surface area contributed by atoms with Gasteiger partial charge in [-0.3, -0.25) is 19.9 Å². The van der Waals surface area contributed by atoms with Crippen LogP contribution in [0.4, 0.5) is 0 Å². The Bertz CT molecular complexity index is 271. The standard InChI is InChI=1S/C5H3ClN2O3/c6-3-1-7-2-4(5(3)9)8(10)11/h1-2,4H. The molecule has 1 atom stereocenters. The van der Waals surface area contributed by atoms with Crippen molar-refractivity contribution in [2.45, 2.75) is 6.04 Å². The highest BCUT2D eigenvalue weighted by molar-refractivity contribution is 6.44. The van der Waals surface area contributed by atoms with Gasteiger partial charge in [-0.15, -0.1) is 0 Å². The molecule has 1 aliphatic heterocycles. The van der Waals surface area contributed by atoms with Gasteiger partial charge in [0.05, 0.1) is 6.21 Å². The van der Waals surface area contributed by atoms with Crippen LogP contribution in [-0.2, 0) is 4.79 Å². The van der Waals surface area contributed by atoms with Crippen molar-refractivity contribution >= 4 is 23.6 Å². The normalized spacial score (nSPS) is 23.2. The van der Waals surface area contributed by atoms with Gasteiger partial charge in [0.15, 0.2) is 0 Å². The molecule has 11 heavy (non-hydrogen) atoms. The number of nitrogens with zero attached hydrogens (tertiary/aromatic N) is 2. The molecular weight excluding hydrogens is 172 g/mol. The summed E-state index contributed by atoms with van der Waals surface area (Å²) in [5.74, 6) is -0.716. The highest BCUT2D eigenvalue weighted by Crippen LogP contribution is 2.11. The number of carbonyl (C=O) groups excluding carboxylic acids is 1. The van der Waals surface area contributed by atoms with E-state index in [4.69, 9.17) is 11.6 Å². The van der Waals surface area contributed by atoms with Crippen LogP contribution in [-0.4, -0.2) is 23.0 Å². The Labute approximate surface area is 66.5 Å². The lowest BCUT2D eigenvalue weighted by atomic mass is 10.2. The second-order valence-corrected chi connectivity index (χ2v) is 2.28. The smallest absolute Gasteiger partial charge is 0.285 e. The van der Waals surface area contributed by atoms with Crippen LogP contribution < -0.4 is 0 Å². The molecule has 0 aromatic carbocycles. The fourth-order valence-corrected chi connectivity index (χ4v) is 0.781. The molecule has 1 heterocycles.